The second-order valence-corrected chi connectivity index (χ2v) is 7.13. The molecule has 0 atom stereocenters. The lowest BCUT2D eigenvalue weighted by molar-refractivity contribution is 0.103. The van der Waals surface area contributed by atoms with E-state index in [9.17, 15) is 4.79 Å². The van der Waals surface area contributed by atoms with Gasteiger partial charge in [0.2, 0.25) is 0 Å². The quantitative estimate of drug-likeness (QED) is 0.575. The summed E-state index contributed by atoms with van der Waals surface area (Å²) in [6.07, 6.45) is 2.01. The molecule has 0 spiro atoms. The van der Waals surface area contributed by atoms with Crippen molar-refractivity contribution in [3.05, 3.63) is 70.7 Å². The summed E-state index contributed by atoms with van der Waals surface area (Å²) >= 11 is 1.42. The van der Waals surface area contributed by atoms with E-state index in [0.717, 1.165) is 32.9 Å². The Balaban J connectivity index is 1.67. The summed E-state index contributed by atoms with van der Waals surface area (Å²) in [6, 6.07) is 17.8. The van der Waals surface area contributed by atoms with Crippen molar-refractivity contribution in [2.24, 2.45) is 7.05 Å². The summed E-state index contributed by atoms with van der Waals surface area (Å²) in [5.41, 5.74) is 3.61. The molecule has 0 radical (unpaired) electrons. The molecule has 0 aliphatic heterocycles. The minimum atomic E-state index is -0.125. The topological polar surface area (TPSA) is 46.9 Å². The van der Waals surface area contributed by atoms with E-state index in [1.165, 1.54) is 11.3 Å². The third-order valence-corrected chi connectivity index (χ3v) is 5.10. The summed E-state index contributed by atoms with van der Waals surface area (Å²) in [5.74, 6) is -0.125. The number of rotatable bonds is 3. The van der Waals surface area contributed by atoms with Gasteiger partial charge in [-0.15, -0.1) is 11.3 Å². The van der Waals surface area contributed by atoms with Crippen LogP contribution in [-0.4, -0.2) is 15.5 Å². The predicted octanol–water partition coefficient (Wildman–Crippen LogP) is 4.86. The number of nitrogens with zero attached hydrogens (tertiary/aromatic N) is 2. The number of fused-ring (bicyclic) bond motifs is 1. The maximum Gasteiger partial charge on any atom is 0.268 e. The van der Waals surface area contributed by atoms with Gasteiger partial charge in [0.1, 0.15) is 4.88 Å². The molecule has 0 saturated heterocycles. The fourth-order valence-electron chi connectivity index (χ4n) is 2.92. The highest BCUT2D eigenvalue weighted by Crippen LogP contribution is 2.29. The lowest BCUT2D eigenvalue weighted by Gasteiger charge is -2.06. The van der Waals surface area contributed by atoms with Gasteiger partial charge in [-0.25, -0.2) is 4.98 Å². The third-order valence-electron chi connectivity index (χ3n) is 4.13. The number of hydrogen-bond acceptors (Lipinski definition) is 3. The minimum absolute atomic E-state index is 0.125. The first-order valence-electron chi connectivity index (χ1n) is 8.01. The first kappa shape index (κ1) is 15.6. The van der Waals surface area contributed by atoms with Gasteiger partial charge >= 0.3 is 0 Å². The Hall–Kier alpha value is -2.92. The molecule has 4 rings (SSSR count). The van der Waals surface area contributed by atoms with Crippen LogP contribution in [0.1, 0.15) is 14.7 Å². The van der Waals surface area contributed by atoms with E-state index in [1.54, 1.807) is 0 Å². The van der Waals surface area contributed by atoms with Crippen LogP contribution < -0.4 is 5.32 Å². The van der Waals surface area contributed by atoms with E-state index in [4.69, 9.17) is 0 Å². The van der Waals surface area contributed by atoms with Gasteiger partial charge in [-0.1, -0.05) is 30.3 Å². The van der Waals surface area contributed by atoms with E-state index < -0.39 is 0 Å². The molecule has 2 heterocycles. The van der Waals surface area contributed by atoms with Gasteiger partial charge in [-0.05, 0) is 31.2 Å². The van der Waals surface area contributed by atoms with Crippen LogP contribution in [0, 0.1) is 6.92 Å². The average molecular weight is 347 g/mol. The summed E-state index contributed by atoms with van der Waals surface area (Å²) < 4.78 is 2.06. The molecule has 25 heavy (non-hydrogen) atoms. The fourth-order valence-corrected chi connectivity index (χ4v) is 3.76. The number of carbonyl (C=O) groups is 1. The van der Waals surface area contributed by atoms with Crippen LogP contribution >= 0.6 is 11.3 Å². The highest BCUT2D eigenvalue weighted by atomic mass is 32.1. The standard InChI is InChI=1S/C20H17N3OS/c1-13-21-18(14-6-4-3-5-7-14)19(25-13)20(24)22-16-8-9-17-15(12-16)10-11-23(17)2/h3-12H,1-2H3,(H,22,24). The van der Waals surface area contributed by atoms with Crippen LogP contribution in [0.2, 0.25) is 0 Å². The van der Waals surface area contributed by atoms with E-state index in [1.807, 2.05) is 74.8 Å². The molecule has 2 aromatic carbocycles. The van der Waals surface area contributed by atoms with Crippen LogP contribution in [0.15, 0.2) is 60.8 Å². The lowest BCUT2D eigenvalue weighted by Crippen LogP contribution is -2.11. The summed E-state index contributed by atoms with van der Waals surface area (Å²) in [4.78, 5) is 18.0. The Morgan fingerprint density at radius 3 is 2.72 bits per heavy atom. The second-order valence-electron chi connectivity index (χ2n) is 5.93. The van der Waals surface area contributed by atoms with E-state index in [2.05, 4.69) is 14.9 Å². The van der Waals surface area contributed by atoms with Gasteiger partial charge in [-0.3, -0.25) is 4.79 Å². The molecule has 1 N–H and O–H groups in total. The SMILES string of the molecule is Cc1nc(-c2ccccc2)c(C(=O)Nc2ccc3c(ccn3C)c2)s1. The van der Waals surface area contributed by atoms with Crippen LogP contribution in [0.3, 0.4) is 0 Å². The zero-order valence-electron chi connectivity index (χ0n) is 14.0. The lowest BCUT2D eigenvalue weighted by atomic mass is 10.1. The average Bonchev–Trinajstić information content (AvgIpc) is 3.19. The van der Waals surface area contributed by atoms with Crippen molar-refractivity contribution in [2.75, 3.05) is 5.32 Å². The fraction of sp³-hybridized carbons (Fsp3) is 0.100. The number of anilines is 1. The molecule has 0 fully saturated rings. The molecule has 4 nitrogen and oxygen atoms in total. The Bertz CT molecular complexity index is 1060. The summed E-state index contributed by atoms with van der Waals surface area (Å²) in [7, 11) is 2.01. The highest BCUT2D eigenvalue weighted by molar-refractivity contribution is 7.14. The number of carbonyl (C=O) groups excluding carboxylic acids is 1. The zero-order chi connectivity index (χ0) is 17.4. The molecule has 0 saturated carbocycles. The number of amides is 1. The van der Waals surface area contributed by atoms with Crippen LogP contribution in [0.5, 0.6) is 0 Å². The molecule has 0 aliphatic rings. The highest BCUT2D eigenvalue weighted by Gasteiger charge is 2.18. The smallest absolute Gasteiger partial charge is 0.268 e. The number of benzene rings is 2. The van der Waals surface area contributed by atoms with Crippen molar-refractivity contribution >= 4 is 33.8 Å². The van der Waals surface area contributed by atoms with Crippen molar-refractivity contribution in [2.45, 2.75) is 6.92 Å². The molecule has 4 aromatic rings. The van der Waals surface area contributed by atoms with Gasteiger partial charge in [0.15, 0.2) is 0 Å². The van der Waals surface area contributed by atoms with Gasteiger partial charge in [0, 0.05) is 35.4 Å². The van der Waals surface area contributed by atoms with Gasteiger partial charge in [-0.2, -0.15) is 0 Å². The molecule has 0 aliphatic carbocycles. The van der Waals surface area contributed by atoms with E-state index in [-0.39, 0.29) is 5.91 Å². The Kier molecular flexibility index (Phi) is 3.86. The molecular weight excluding hydrogens is 330 g/mol. The van der Waals surface area contributed by atoms with E-state index in [0.29, 0.717) is 4.88 Å². The first-order chi connectivity index (χ1) is 12.1. The maximum atomic E-state index is 12.8. The first-order valence-corrected chi connectivity index (χ1v) is 8.83. The number of nitrogens with one attached hydrogen (secondary N) is 1. The molecule has 5 heteroatoms. The van der Waals surface area contributed by atoms with Gasteiger partial charge in [0.05, 0.1) is 10.7 Å². The van der Waals surface area contributed by atoms with Crippen molar-refractivity contribution in [3.63, 3.8) is 0 Å². The summed E-state index contributed by atoms with van der Waals surface area (Å²) in [6.45, 7) is 1.92. The monoisotopic (exact) mass is 347 g/mol. The maximum absolute atomic E-state index is 12.8. The van der Waals surface area contributed by atoms with Crippen LogP contribution in [0.25, 0.3) is 22.2 Å². The third kappa shape index (κ3) is 2.94. The number of hydrogen-bond donors (Lipinski definition) is 1. The van der Waals surface area contributed by atoms with Crippen LogP contribution in [0.4, 0.5) is 5.69 Å². The Morgan fingerprint density at radius 2 is 1.92 bits per heavy atom. The largest absolute Gasteiger partial charge is 0.351 e. The molecule has 0 unspecified atom stereocenters. The molecule has 2 aromatic heterocycles. The van der Waals surface area contributed by atoms with Gasteiger partial charge in [0.25, 0.3) is 5.91 Å². The number of aromatic nitrogens is 2. The molecule has 0 bridgehead atoms. The van der Waals surface area contributed by atoms with E-state index >= 15 is 0 Å². The van der Waals surface area contributed by atoms with Crippen molar-refractivity contribution < 1.29 is 4.79 Å². The molecular formula is C20H17N3OS. The Morgan fingerprint density at radius 1 is 1.12 bits per heavy atom. The van der Waals surface area contributed by atoms with Crippen molar-refractivity contribution in [3.8, 4) is 11.3 Å². The Labute approximate surface area is 149 Å². The van der Waals surface area contributed by atoms with Crippen LogP contribution in [-0.2, 0) is 7.05 Å². The normalized spacial score (nSPS) is 11.0. The number of thiazole rings is 1. The van der Waals surface area contributed by atoms with Crippen molar-refractivity contribution in [1.82, 2.24) is 9.55 Å². The molecule has 124 valence electrons. The van der Waals surface area contributed by atoms with Gasteiger partial charge < -0.3 is 9.88 Å². The predicted molar refractivity (Wildman–Crippen MR) is 103 cm³/mol. The van der Waals surface area contributed by atoms with Crippen molar-refractivity contribution in [1.29, 1.82) is 0 Å². The minimum Gasteiger partial charge on any atom is -0.351 e. The molecule has 1 amide bonds. The summed E-state index contributed by atoms with van der Waals surface area (Å²) in [5, 5.41) is 4.98. The number of aryl methyl sites for hydroxylation is 2. The zero-order valence-corrected chi connectivity index (χ0v) is 14.8. The second kappa shape index (κ2) is 6.18.